The first-order valence-corrected chi connectivity index (χ1v) is 9.52. The van der Waals surface area contributed by atoms with Crippen LogP contribution in [0.3, 0.4) is 0 Å². The molecule has 0 fully saturated rings. The molecule has 140 valence electrons. The van der Waals surface area contributed by atoms with Crippen molar-refractivity contribution < 1.29 is 14.9 Å². The number of aromatic hydroxyl groups is 1. The smallest absolute Gasteiger partial charge is 0.230 e. The van der Waals surface area contributed by atoms with E-state index in [9.17, 15) is 10.2 Å². The van der Waals surface area contributed by atoms with Gasteiger partial charge in [-0.05, 0) is 20.0 Å². The number of aryl methyl sites for hydroxylation is 1. The van der Waals surface area contributed by atoms with Crippen LogP contribution in [0.15, 0.2) is 24.3 Å². The molecule has 0 bridgehead atoms. The summed E-state index contributed by atoms with van der Waals surface area (Å²) in [5, 5.41) is 24.6. The summed E-state index contributed by atoms with van der Waals surface area (Å²) in [6.07, 6.45) is 0.712. The zero-order valence-corrected chi connectivity index (χ0v) is 16.0. The summed E-state index contributed by atoms with van der Waals surface area (Å²) < 4.78 is 7.28. The quantitative estimate of drug-likeness (QED) is 0.628. The highest BCUT2D eigenvalue weighted by Gasteiger charge is 2.29. The number of thiazole rings is 1. The number of rotatable bonds is 8. The molecule has 2 N–H and O–H groups in total. The van der Waals surface area contributed by atoms with Gasteiger partial charge >= 0.3 is 0 Å². The molecule has 2 aromatic heterocycles. The Morgan fingerprint density at radius 3 is 2.73 bits per heavy atom. The minimum Gasteiger partial charge on any atom is -0.494 e. The van der Waals surface area contributed by atoms with Crippen LogP contribution in [0.1, 0.15) is 36.2 Å². The molecule has 0 saturated carbocycles. The van der Waals surface area contributed by atoms with Gasteiger partial charge in [-0.2, -0.15) is 4.52 Å². The number of likely N-dealkylation sites (N-methyl/N-ethyl adjacent to an activating group) is 1. The zero-order chi connectivity index (χ0) is 18.7. The lowest BCUT2D eigenvalue weighted by Crippen LogP contribution is -2.28. The van der Waals surface area contributed by atoms with Crippen molar-refractivity contribution in [1.82, 2.24) is 19.5 Å². The normalized spacial score (nSPS) is 12.8. The van der Waals surface area contributed by atoms with Gasteiger partial charge in [-0.25, -0.2) is 4.98 Å². The van der Waals surface area contributed by atoms with E-state index >= 15 is 0 Å². The maximum absolute atomic E-state index is 10.8. The molecule has 7 nitrogen and oxygen atoms in total. The van der Waals surface area contributed by atoms with Crippen molar-refractivity contribution in [2.24, 2.45) is 0 Å². The van der Waals surface area contributed by atoms with E-state index in [1.54, 1.807) is 0 Å². The Bertz CT molecular complexity index is 877. The lowest BCUT2D eigenvalue weighted by atomic mass is 10.0. The van der Waals surface area contributed by atoms with E-state index < -0.39 is 0 Å². The summed E-state index contributed by atoms with van der Waals surface area (Å²) in [5.41, 5.74) is 0.931. The van der Waals surface area contributed by atoms with Crippen LogP contribution in [-0.2, 0) is 6.42 Å². The van der Waals surface area contributed by atoms with Crippen molar-refractivity contribution in [2.75, 3.05) is 26.8 Å². The molecular weight excluding hydrogens is 352 g/mol. The minimum atomic E-state index is -0.275. The SMILES string of the molecule is CCOc1ccccc1C(c1sc2nc(CC)nn2c1O)N(C)CCO. The van der Waals surface area contributed by atoms with Crippen molar-refractivity contribution in [3.05, 3.63) is 40.5 Å². The Hall–Kier alpha value is -2.16. The third-order valence-corrected chi connectivity index (χ3v) is 5.29. The lowest BCUT2D eigenvalue weighted by Gasteiger charge is -2.28. The summed E-state index contributed by atoms with van der Waals surface area (Å²) in [5.74, 6) is 1.55. The number of aliphatic hydroxyl groups is 1. The van der Waals surface area contributed by atoms with Crippen LogP contribution in [0, 0.1) is 0 Å². The molecule has 0 aliphatic heterocycles. The second kappa shape index (κ2) is 8.03. The molecule has 0 radical (unpaired) electrons. The number of aliphatic hydroxyl groups excluding tert-OH is 1. The number of hydrogen-bond acceptors (Lipinski definition) is 7. The van der Waals surface area contributed by atoms with E-state index in [1.807, 2.05) is 50.1 Å². The van der Waals surface area contributed by atoms with E-state index in [0.29, 0.717) is 30.4 Å². The van der Waals surface area contributed by atoms with E-state index in [4.69, 9.17) is 4.74 Å². The molecule has 1 atom stereocenters. The van der Waals surface area contributed by atoms with Gasteiger partial charge < -0.3 is 14.9 Å². The van der Waals surface area contributed by atoms with E-state index in [-0.39, 0.29) is 18.5 Å². The fourth-order valence-electron chi connectivity index (χ4n) is 2.98. The largest absolute Gasteiger partial charge is 0.494 e. The van der Waals surface area contributed by atoms with Crippen LogP contribution < -0.4 is 4.74 Å². The maximum Gasteiger partial charge on any atom is 0.230 e. The van der Waals surface area contributed by atoms with Crippen molar-refractivity contribution in [3.63, 3.8) is 0 Å². The number of benzene rings is 1. The van der Waals surface area contributed by atoms with Gasteiger partial charge in [0, 0.05) is 18.5 Å². The maximum atomic E-state index is 10.8. The molecule has 0 aliphatic carbocycles. The Morgan fingerprint density at radius 2 is 2.08 bits per heavy atom. The first-order valence-electron chi connectivity index (χ1n) is 8.70. The summed E-state index contributed by atoms with van der Waals surface area (Å²) in [7, 11) is 1.91. The predicted octanol–water partition coefficient (Wildman–Crippen LogP) is 2.47. The number of aromatic nitrogens is 3. The van der Waals surface area contributed by atoms with Gasteiger partial charge in [0.05, 0.1) is 24.1 Å². The minimum absolute atomic E-state index is 0.0192. The van der Waals surface area contributed by atoms with Gasteiger partial charge in [0.1, 0.15) is 5.75 Å². The van der Waals surface area contributed by atoms with Crippen molar-refractivity contribution in [1.29, 1.82) is 0 Å². The molecular formula is C18H24N4O3S. The molecule has 0 saturated heterocycles. The standard InChI is InChI=1S/C18H24N4O3S/c1-4-14-19-18-22(20-14)17(24)16(26-18)15(21(3)10-11-23)12-8-6-7-9-13(12)25-5-2/h6-9,15,23-24H,4-5,10-11H2,1-3H3. The van der Waals surface area contributed by atoms with Gasteiger partial charge in [0.15, 0.2) is 5.82 Å². The summed E-state index contributed by atoms with van der Waals surface area (Å²) in [6, 6.07) is 7.50. The average Bonchev–Trinajstić information content (AvgIpc) is 3.17. The van der Waals surface area contributed by atoms with Crippen LogP contribution >= 0.6 is 11.3 Å². The number of ether oxygens (including phenoxy) is 1. The second-order valence-corrected chi connectivity index (χ2v) is 6.95. The van der Waals surface area contributed by atoms with Crippen molar-refractivity contribution in [2.45, 2.75) is 26.3 Å². The molecule has 1 aromatic carbocycles. The summed E-state index contributed by atoms with van der Waals surface area (Å²) >= 11 is 1.40. The number of fused-ring (bicyclic) bond motifs is 1. The van der Waals surface area contributed by atoms with Crippen LogP contribution in [-0.4, -0.2) is 56.5 Å². The second-order valence-electron chi connectivity index (χ2n) is 5.94. The summed E-state index contributed by atoms with van der Waals surface area (Å²) in [6.45, 7) is 4.95. The highest BCUT2D eigenvalue weighted by Crippen LogP contribution is 2.42. The van der Waals surface area contributed by atoms with Crippen molar-refractivity contribution >= 4 is 16.3 Å². The number of hydrogen-bond donors (Lipinski definition) is 2. The molecule has 0 amide bonds. The predicted molar refractivity (Wildman–Crippen MR) is 101 cm³/mol. The molecule has 0 spiro atoms. The Kier molecular flexibility index (Phi) is 5.75. The number of para-hydroxylation sites is 1. The fraction of sp³-hybridized carbons (Fsp3) is 0.444. The third-order valence-electron chi connectivity index (χ3n) is 4.22. The highest BCUT2D eigenvalue weighted by atomic mass is 32.1. The topological polar surface area (TPSA) is 83.1 Å². The highest BCUT2D eigenvalue weighted by molar-refractivity contribution is 7.17. The average molecular weight is 376 g/mol. The van der Waals surface area contributed by atoms with Gasteiger partial charge in [-0.15, -0.1) is 5.10 Å². The van der Waals surface area contributed by atoms with E-state index in [0.717, 1.165) is 16.2 Å². The first-order chi connectivity index (χ1) is 12.6. The zero-order valence-electron chi connectivity index (χ0n) is 15.2. The Morgan fingerprint density at radius 1 is 1.31 bits per heavy atom. The Balaban J connectivity index is 2.13. The van der Waals surface area contributed by atoms with Crippen LogP contribution in [0.2, 0.25) is 0 Å². The number of nitrogens with zero attached hydrogens (tertiary/aromatic N) is 4. The molecule has 0 aliphatic rings. The summed E-state index contributed by atoms with van der Waals surface area (Å²) in [4.78, 5) is 7.84. The van der Waals surface area contributed by atoms with Crippen molar-refractivity contribution in [3.8, 4) is 11.6 Å². The van der Waals surface area contributed by atoms with E-state index in [1.165, 1.54) is 15.9 Å². The van der Waals surface area contributed by atoms with Gasteiger partial charge in [-0.1, -0.05) is 36.5 Å². The monoisotopic (exact) mass is 376 g/mol. The van der Waals surface area contributed by atoms with Gasteiger partial charge in [0.25, 0.3) is 0 Å². The molecule has 26 heavy (non-hydrogen) atoms. The molecule has 8 heteroatoms. The molecule has 2 heterocycles. The van der Waals surface area contributed by atoms with Crippen LogP contribution in [0.25, 0.3) is 4.96 Å². The lowest BCUT2D eigenvalue weighted by molar-refractivity contribution is 0.194. The first kappa shape index (κ1) is 18.6. The van der Waals surface area contributed by atoms with Crippen LogP contribution in [0.4, 0.5) is 0 Å². The van der Waals surface area contributed by atoms with Gasteiger partial charge in [0.2, 0.25) is 10.8 Å². The fourth-order valence-corrected chi connectivity index (χ4v) is 4.14. The van der Waals surface area contributed by atoms with E-state index in [2.05, 4.69) is 10.1 Å². The molecule has 1 unspecified atom stereocenters. The molecule has 3 rings (SSSR count). The Labute approximate surface area is 156 Å². The molecule has 3 aromatic rings. The van der Waals surface area contributed by atoms with Crippen LogP contribution in [0.5, 0.6) is 11.6 Å². The van der Waals surface area contributed by atoms with Gasteiger partial charge in [-0.3, -0.25) is 4.90 Å². The third kappa shape index (κ3) is 3.40.